The van der Waals surface area contributed by atoms with Gasteiger partial charge in [0.2, 0.25) is 0 Å². The summed E-state index contributed by atoms with van der Waals surface area (Å²) in [6.07, 6.45) is 1.55. The van der Waals surface area contributed by atoms with Crippen molar-refractivity contribution in [3.05, 3.63) is 25.2 Å². The van der Waals surface area contributed by atoms with Crippen LogP contribution in [0.2, 0.25) is 0 Å². The topological polar surface area (TPSA) is 24.4 Å². The standard InChI is InChI=1S/C7H12N2.H2/c1-5-8-7(4)9-6(2)3;/h5,8H,1,4H2,2-3H3;1H. The summed E-state index contributed by atoms with van der Waals surface area (Å²) < 4.78 is 0. The Bertz CT molecular complexity index is 146. The average molecular weight is 126 g/mol. The zero-order valence-corrected chi connectivity index (χ0v) is 5.94. The van der Waals surface area contributed by atoms with Crippen LogP contribution in [0.4, 0.5) is 0 Å². The molecule has 0 aromatic rings. The number of nitrogens with one attached hydrogen (secondary N) is 1. The van der Waals surface area contributed by atoms with Gasteiger partial charge in [-0.2, -0.15) is 0 Å². The third-order valence-corrected chi connectivity index (χ3v) is 0.627. The highest BCUT2D eigenvalue weighted by Gasteiger charge is 1.81. The summed E-state index contributed by atoms with van der Waals surface area (Å²) in [4.78, 5) is 4.01. The molecule has 0 atom stereocenters. The van der Waals surface area contributed by atoms with Crippen LogP contribution in [0, 0.1) is 0 Å². The Hall–Kier alpha value is -1.05. The van der Waals surface area contributed by atoms with Gasteiger partial charge in [-0.3, -0.25) is 0 Å². The maximum Gasteiger partial charge on any atom is 0.122 e. The van der Waals surface area contributed by atoms with Crippen molar-refractivity contribution < 1.29 is 1.43 Å². The maximum absolute atomic E-state index is 4.01. The molecule has 0 fully saturated rings. The molecule has 2 nitrogen and oxygen atoms in total. The van der Waals surface area contributed by atoms with Crippen LogP contribution in [0.5, 0.6) is 0 Å². The summed E-state index contributed by atoms with van der Waals surface area (Å²) >= 11 is 0. The third-order valence-electron chi connectivity index (χ3n) is 0.627. The first kappa shape index (κ1) is 7.95. The second-order valence-electron chi connectivity index (χ2n) is 1.85. The Morgan fingerprint density at radius 1 is 1.67 bits per heavy atom. The molecule has 0 amide bonds. The van der Waals surface area contributed by atoms with Crippen molar-refractivity contribution in [3.8, 4) is 0 Å². The van der Waals surface area contributed by atoms with Gasteiger partial charge < -0.3 is 5.32 Å². The van der Waals surface area contributed by atoms with E-state index in [4.69, 9.17) is 0 Å². The molecule has 0 aromatic heterocycles. The number of aliphatic imine (C=N–C) groups is 1. The van der Waals surface area contributed by atoms with Crippen molar-refractivity contribution in [1.29, 1.82) is 0 Å². The lowest BCUT2D eigenvalue weighted by molar-refractivity contribution is 1.04. The van der Waals surface area contributed by atoms with Crippen molar-refractivity contribution in [2.45, 2.75) is 13.8 Å². The summed E-state index contributed by atoms with van der Waals surface area (Å²) in [5.41, 5.74) is 0.981. The van der Waals surface area contributed by atoms with Crippen LogP contribution < -0.4 is 5.32 Å². The van der Waals surface area contributed by atoms with Gasteiger partial charge in [0, 0.05) is 7.14 Å². The molecule has 0 saturated carbocycles. The van der Waals surface area contributed by atoms with Gasteiger partial charge in [-0.25, -0.2) is 4.99 Å². The van der Waals surface area contributed by atoms with E-state index in [1.165, 1.54) is 0 Å². The van der Waals surface area contributed by atoms with Crippen molar-refractivity contribution in [1.82, 2.24) is 5.32 Å². The highest BCUT2D eigenvalue weighted by atomic mass is 15.0. The van der Waals surface area contributed by atoms with Gasteiger partial charge in [0.15, 0.2) is 0 Å². The van der Waals surface area contributed by atoms with Crippen LogP contribution >= 0.6 is 0 Å². The Morgan fingerprint density at radius 3 is 2.56 bits per heavy atom. The molecule has 0 unspecified atom stereocenters. The fourth-order valence-electron chi connectivity index (χ4n) is 0.420. The molecule has 0 bridgehead atoms. The average Bonchev–Trinajstić information content (AvgIpc) is 1.63. The molecule has 0 aliphatic carbocycles. The van der Waals surface area contributed by atoms with Crippen LogP contribution in [-0.2, 0) is 0 Å². The Kier molecular flexibility index (Phi) is 3.44. The lowest BCUT2D eigenvalue weighted by Crippen LogP contribution is -2.00. The lowest BCUT2D eigenvalue weighted by atomic mass is 10.5. The largest absolute Gasteiger partial charge is 0.348 e. The minimum absolute atomic E-state index is 0. The van der Waals surface area contributed by atoms with E-state index in [0.29, 0.717) is 5.82 Å². The first-order valence-corrected chi connectivity index (χ1v) is 2.75. The Labute approximate surface area is 57.5 Å². The summed E-state index contributed by atoms with van der Waals surface area (Å²) in [7, 11) is 0. The van der Waals surface area contributed by atoms with Crippen LogP contribution in [0.3, 0.4) is 0 Å². The Balaban J connectivity index is 0. The molecule has 0 saturated heterocycles. The molecule has 52 valence electrons. The van der Waals surface area contributed by atoms with Crippen molar-refractivity contribution in [2.75, 3.05) is 0 Å². The molecule has 9 heavy (non-hydrogen) atoms. The zero-order valence-electron chi connectivity index (χ0n) is 5.94. The fourth-order valence-corrected chi connectivity index (χ4v) is 0.420. The number of hydrogen-bond donors (Lipinski definition) is 1. The molecular formula is C7H14N2. The quantitative estimate of drug-likeness (QED) is 0.574. The first-order valence-electron chi connectivity index (χ1n) is 2.75. The lowest BCUT2D eigenvalue weighted by Gasteiger charge is -1.96. The summed E-state index contributed by atoms with van der Waals surface area (Å²) in [5, 5.41) is 2.76. The molecule has 0 aliphatic rings. The monoisotopic (exact) mass is 126 g/mol. The Morgan fingerprint density at radius 2 is 2.22 bits per heavy atom. The van der Waals surface area contributed by atoms with E-state index >= 15 is 0 Å². The normalized spacial score (nSPS) is 7.78. The smallest absolute Gasteiger partial charge is 0.122 e. The van der Waals surface area contributed by atoms with E-state index in [9.17, 15) is 0 Å². The zero-order chi connectivity index (χ0) is 7.28. The van der Waals surface area contributed by atoms with E-state index < -0.39 is 0 Å². The SMILES string of the molecule is C=CNC(=C)N=C(C)C.[HH]. The predicted molar refractivity (Wildman–Crippen MR) is 43.4 cm³/mol. The third kappa shape index (κ3) is 4.81. The van der Waals surface area contributed by atoms with Crippen LogP contribution in [0.25, 0.3) is 0 Å². The van der Waals surface area contributed by atoms with E-state index in [0.717, 1.165) is 5.71 Å². The van der Waals surface area contributed by atoms with E-state index in [2.05, 4.69) is 23.5 Å². The second-order valence-corrected chi connectivity index (χ2v) is 1.85. The van der Waals surface area contributed by atoms with Crippen molar-refractivity contribution in [2.24, 2.45) is 4.99 Å². The summed E-state index contributed by atoms with van der Waals surface area (Å²) in [5.74, 6) is 0.630. The molecule has 2 heteroatoms. The molecule has 0 spiro atoms. The molecule has 0 aliphatic heterocycles. The second kappa shape index (κ2) is 3.89. The van der Waals surface area contributed by atoms with Gasteiger partial charge in [-0.05, 0) is 20.0 Å². The van der Waals surface area contributed by atoms with Crippen molar-refractivity contribution in [3.63, 3.8) is 0 Å². The van der Waals surface area contributed by atoms with Gasteiger partial charge in [-0.1, -0.05) is 13.2 Å². The predicted octanol–water partition coefficient (Wildman–Crippen LogP) is 1.92. The molecule has 1 N–H and O–H groups in total. The summed E-state index contributed by atoms with van der Waals surface area (Å²) in [6.45, 7) is 10.9. The maximum atomic E-state index is 4.01. The molecule has 0 radical (unpaired) electrons. The van der Waals surface area contributed by atoms with Crippen LogP contribution in [-0.4, -0.2) is 5.71 Å². The van der Waals surface area contributed by atoms with E-state index in [1.807, 2.05) is 13.8 Å². The highest BCUT2D eigenvalue weighted by Crippen LogP contribution is 1.86. The fraction of sp³-hybridized carbons (Fsp3) is 0.286. The molecule has 0 heterocycles. The molecule has 0 aromatic carbocycles. The summed E-state index contributed by atoms with van der Waals surface area (Å²) in [6, 6.07) is 0. The van der Waals surface area contributed by atoms with Crippen LogP contribution in [0.1, 0.15) is 15.3 Å². The van der Waals surface area contributed by atoms with Gasteiger partial charge >= 0.3 is 0 Å². The van der Waals surface area contributed by atoms with Gasteiger partial charge in [-0.15, -0.1) is 0 Å². The first-order chi connectivity index (χ1) is 4.16. The highest BCUT2D eigenvalue weighted by molar-refractivity contribution is 5.79. The number of rotatable bonds is 3. The van der Waals surface area contributed by atoms with Crippen molar-refractivity contribution >= 4 is 5.71 Å². The number of hydrogen-bond acceptors (Lipinski definition) is 2. The van der Waals surface area contributed by atoms with Gasteiger partial charge in [0.05, 0.1) is 0 Å². The molecule has 0 rings (SSSR count). The van der Waals surface area contributed by atoms with E-state index in [1.54, 1.807) is 6.20 Å². The minimum atomic E-state index is 0. The minimum Gasteiger partial charge on any atom is -0.348 e. The van der Waals surface area contributed by atoms with Gasteiger partial charge in [0.1, 0.15) is 5.82 Å². The van der Waals surface area contributed by atoms with Gasteiger partial charge in [0.25, 0.3) is 0 Å². The van der Waals surface area contributed by atoms with Crippen LogP contribution in [0.15, 0.2) is 30.2 Å². The molecular weight excluding hydrogens is 112 g/mol. The number of nitrogens with zero attached hydrogens (tertiary/aromatic N) is 1. The van der Waals surface area contributed by atoms with E-state index in [-0.39, 0.29) is 1.43 Å².